The summed E-state index contributed by atoms with van der Waals surface area (Å²) in [6.07, 6.45) is 0. The third-order valence-corrected chi connectivity index (χ3v) is 2.09. The van der Waals surface area contributed by atoms with E-state index in [2.05, 4.69) is 0 Å². The molecule has 0 atom stereocenters. The molecule has 0 saturated heterocycles. The van der Waals surface area contributed by atoms with Crippen molar-refractivity contribution in [2.45, 2.75) is 20.4 Å². The fraction of sp³-hybridized carbons (Fsp3) is 0.364. The van der Waals surface area contributed by atoms with Gasteiger partial charge in [-0.2, -0.15) is 0 Å². The Hall–Kier alpha value is -1.38. The van der Waals surface area contributed by atoms with Gasteiger partial charge in [0.1, 0.15) is 5.82 Å². The number of halogens is 1. The molecule has 1 rings (SSSR count). The average Bonchev–Trinajstić information content (AvgIpc) is 2.14. The number of hydrogen-bond donors (Lipinski definition) is 0. The van der Waals surface area contributed by atoms with Crippen molar-refractivity contribution in [1.29, 1.82) is 0 Å². The maximum atomic E-state index is 12.8. The highest BCUT2D eigenvalue weighted by Gasteiger charge is 2.06. The molecule has 0 aliphatic rings. The summed E-state index contributed by atoms with van der Waals surface area (Å²) in [6.45, 7) is 4.54. The Balaban J connectivity index is 2.72. The molecule has 0 spiro atoms. The molecule has 0 radical (unpaired) electrons. The van der Waals surface area contributed by atoms with Crippen LogP contribution in [0.5, 0.6) is 0 Å². The largest absolute Gasteiger partial charge is 0.339 e. The van der Waals surface area contributed by atoms with Crippen LogP contribution in [0.1, 0.15) is 19.4 Å². The third kappa shape index (κ3) is 2.83. The number of amides is 1. The minimum atomic E-state index is -0.262. The minimum absolute atomic E-state index is 0.0109. The van der Waals surface area contributed by atoms with E-state index in [-0.39, 0.29) is 11.7 Å². The molecule has 0 fully saturated rings. The smallest absolute Gasteiger partial charge is 0.219 e. The quantitative estimate of drug-likeness (QED) is 0.724. The highest BCUT2D eigenvalue weighted by molar-refractivity contribution is 5.73. The van der Waals surface area contributed by atoms with Gasteiger partial charge in [-0.3, -0.25) is 4.79 Å². The Bertz CT molecular complexity index is 325. The Morgan fingerprint density at radius 3 is 2.71 bits per heavy atom. The van der Waals surface area contributed by atoms with Crippen LogP contribution in [0.25, 0.3) is 0 Å². The van der Waals surface area contributed by atoms with Crippen LogP contribution in [0.4, 0.5) is 4.39 Å². The number of nitrogens with zero attached hydrogens (tertiary/aromatic N) is 1. The molecule has 0 bridgehead atoms. The van der Waals surface area contributed by atoms with Crippen molar-refractivity contribution in [3.63, 3.8) is 0 Å². The van der Waals surface area contributed by atoms with E-state index in [1.54, 1.807) is 11.0 Å². The van der Waals surface area contributed by atoms with Gasteiger partial charge < -0.3 is 4.90 Å². The van der Waals surface area contributed by atoms with E-state index >= 15 is 0 Å². The first-order valence-electron chi connectivity index (χ1n) is 4.63. The molecule has 1 aromatic rings. The molecule has 0 aromatic heterocycles. The third-order valence-electron chi connectivity index (χ3n) is 2.09. The topological polar surface area (TPSA) is 20.3 Å². The lowest BCUT2D eigenvalue weighted by molar-refractivity contribution is -0.129. The molecular formula is C11H14FNO. The van der Waals surface area contributed by atoms with E-state index in [4.69, 9.17) is 0 Å². The first kappa shape index (κ1) is 10.7. The Morgan fingerprint density at radius 2 is 2.21 bits per heavy atom. The van der Waals surface area contributed by atoms with Gasteiger partial charge in [0.2, 0.25) is 5.91 Å². The summed E-state index contributed by atoms with van der Waals surface area (Å²) in [6, 6.07) is 6.31. The summed E-state index contributed by atoms with van der Waals surface area (Å²) in [5.74, 6) is -0.251. The van der Waals surface area contributed by atoms with Crippen molar-refractivity contribution in [2.75, 3.05) is 6.54 Å². The maximum absolute atomic E-state index is 12.8. The van der Waals surface area contributed by atoms with Gasteiger partial charge in [-0.05, 0) is 24.6 Å². The molecule has 0 unspecified atom stereocenters. The summed E-state index contributed by atoms with van der Waals surface area (Å²) in [5, 5.41) is 0. The molecule has 0 aliphatic heterocycles. The van der Waals surface area contributed by atoms with Crippen LogP contribution < -0.4 is 0 Å². The number of rotatable bonds is 3. The Kier molecular flexibility index (Phi) is 3.63. The van der Waals surface area contributed by atoms with Gasteiger partial charge in [0, 0.05) is 20.0 Å². The summed E-state index contributed by atoms with van der Waals surface area (Å²) in [7, 11) is 0. The molecule has 2 nitrogen and oxygen atoms in total. The van der Waals surface area contributed by atoms with Crippen LogP contribution in [-0.2, 0) is 11.3 Å². The molecule has 0 aliphatic carbocycles. The molecule has 1 aromatic carbocycles. The van der Waals surface area contributed by atoms with Gasteiger partial charge in [0.15, 0.2) is 0 Å². The number of carbonyl (C=O) groups excluding carboxylic acids is 1. The van der Waals surface area contributed by atoms with Gasteiger partial charge in [-0.15, -0.1) is 0 Å². The predicted molar refractivity (Wildman–Crippen MR) is 53.2 cm³/mol. The summed E-state index contributed by atoms with van der Waals surface area (Å²) in [5.41, 5.74) is 0.821. The molecule has 1 amide bonds. The molecule has 3 heteroatoms. The molecule has 0 saturated carbocycles. The van der Waals surface area contributed by atoms with E-state index < -0.39 is 0 Å². The van der Waals surface area contributed by atoms with Crippen LogP contribution in [0.3, 0.4) is 0 Å². The van der Waals surface area contributed by atoms with Crippen LogP contribution in [-0.4, -0.2) is 17.4 Å². The zero-order valence-electron chi connectivity index (χ0n) is 8.46. The predicted octanol–water partition coefficient (Wildman–Crippen LogP) is 2.19. The van der Waals surface area contributed by atoms with Gasteiger partial charge >= 0.3 is 0 Å². The number of carbonyl (C=O) groups is 1. The minimum Gasteiger partial charge on any atom is -0.339 e. The standard InChI is InChI=1S/C11H14FNO/c1-3-13(9(2)14)8-10-5-4-6-11(12)7-10/h4-7H,3,8H2,1-2H3. The second-order valence-corrected chi connectivity index (χ2v) is 3.16. The first-order chi connectivity index (χ1) is 6.63. The molecular weight excluding hydrogens is 181 g/mol. The van der Waals surface area contributed by atoms with Crippen molar-refractivity contribution in [3.05, 3.63) is 35.6 Å². The van der Waals surface area contributed by atoms with Gasteiger partial charge in [-0.25, -0.2) is 4.39 Å². The summed E-state index contributed by atoms with van der Waals surface area (Å²) < 4.78 is 12.8. The molecule has 14 heavy (non-hydrogen) atoms. The second kappa shape index (κ2) is 4.74. The zero-order chi connectivity index (χ0) is 10.6. The fourth-order valence-corrected chi connectivity index (χ4v) is 1.30. The lowest BCUT2D eigenvalue weighted by Gasteiger charge is -2.18. The number of benzene rings is 1. The SMILES string of the molecule is CCN(Cc1cccc(F)c1)C(C)=O. The fourth-order valence-electron chi connectivity index (χ4n) is 1.30. The van der Waals surface area contributed by atoms with E-state index in [0.717, 1.165) is 5.56 Å². The van der Waals surface area contributed by atoms with Gasteiger partial charge in [0.25, 0.3) is 0 Å². The van der Waals surface area contributed by atoms with Crippen LogP contribution in [0, 0.1) is 5.82 Å². The van der Waals surface area contributed by atoms with E-state index in [1.807, 2.05) is 13.0 Å². The van der Waals surface area contributed by atoms with Gasteiger partial charge in [0.05, 0.1) is 0 Å². The Morgan fingerprint density at radius 1 is 1.50 bits per heavy atom. The van der Waals surface area contributed by atoms with Crippen molar-refractivity contribution in [3.8, 4) is 0 Å². The Labute approximate surface area is 83.3 Å². The van der Waals surface area contributed by atoms with Crippen LogP contribution in [0.15, 0.2) is 24.3 Å². The normalized spacial score (nSPS) is 9.93. The van der Waals surface area contributed by atoms with Gasteiger partial charge in [-0.1, -0.05) is 12.1 Å². The summed E-state index contributed by atoms with van der Waals surface area (Å²) >= 11 is 0. The molecule has 76 valence electrons. The average molecular weight is 195 g/mol. The van der Waals surface area contributed by atoms with E-state index in [9.17, 15) is 9.18 Å². The first-order valence-corrected chi connectivity index (χ1v) is 4.63. The monoisotopic (exact) mass is 195 g/mol. The maximum Gasteiger partial charge on any atom is 0.219 e. The van der Waals surface area contributed by atoms with Crippen LogP contribution >= 0.6 is 0 Å². The zero-order valence-corrected chi connectivity index (χ0v) is 8.46. The lowest BCUT2D eigenvalue weighted by Crippen LogP contribution is -2.27. The van der Waals surface area contributed by atoms with E-state index in [0.29, 0.717) is 13.1 Å². The van der Waals surface area contributed by atoms with Crippen molar-refractivity contribution < 1.29 is 9.18 Å². The van der Waals surface area contributed by atoms with Crippen LogP contribution in [0.2, 0.25) is 0 Å². The highest BCUT2D eigenvalue weighted by Crippen LogP contribution is 2.07. The van der Waals surface area contributed by atoms with E-state index in [1.165, 1.54) is 19.1 Å². The molecule has 0 N–H and O–H groups in total. The van der Waals surface area contributed by atoms with Crippen molar-refractivity contribution >= 4 is 5.91 Å². The lowest BCUT2D eigenvalue weighted by atomic mass is 10.2. The number of hydrogen-bond acceptors (Lipinski definition) is 1. The summed E-state index contributed by atoms with van der Waals surface area (Å²) in [4.78, 5) is 12.8. The van der Waals surface area contributed by atoms with Crippen molar-refractivity contribution in [1.82, 2.24) is 4.90 Å². The molecule has 0 heterocycles. The van der Waals surface area contributed by atoms with Crippen molar-refractivity contribution in [2.24, 2.45) is 0 Å². The highest BCUT2D eigenvalue weighted by atomic mass is 19.1. The second-order valence-electron chi connectivity index (χ2n) is 3.16.